The van der Waals surface area contributed by atoms with Crippen LogP contribution in [0.15, 0.2) is 288 Å². The number of benzene rings is 13. The Balaban J connectivity index is 0.974. The number of para-hydroxylation sites is 4. The van der Waals surface area contributed by atoms with E-state index in [1.807, 2.05) is 0 Å². The predicted molar refractivity (Wildman–Crippen MR) is 374 cm³/mol. The molecule has 4 heteroatoms. The first kappa shape index (κ1) is 53.8. The summed E-state index contributed by atoms with van der Waals surface area (Å²) in [5, 5.41) is 6.64. The lowest BCUT2D eigenvalue weighted by Gasteiger charge is -2.36. The van der Waals surface area contributed by atoms with E-state index in [-0.39, 0.29) is 0 Å². The average molecular weight is 1150 g/mol. The van der Waals surface area contributed by atoms with Crippen molar-refractivity contribution in [3.05, 3.63) is 324 Å². The first-order valence-electron chi connectivity index (χ1n) is 31.5. The van der Waals surface area contributed by atoms with Gasteiger partial charge in [-0.25, -0.2) is 0 Å². The Morgan fingerprint density at radius 1 is 0.303 bits per heavy atom. The molecule has 16 rings (SSSR count). The lowest BCUT2D eigenvalue weighted by atomic mass is 9.67. The third-order valence-electron chi connectivity index (χ3n) is 18.8. The molecule has 0 bridgehead atoms. The molecule has 1 aliphatic rings. The van der Waals surface area contributed by atoms with Crippen molar-refractivity contribution in [1.29, 1.82) is 0 Å². The highest BCUT2D eigenvalue weighted by atomic mass is 16.3. The van der Waals surface area contributed by atoms with Crippen LogP contribution in [-0.2, 0) is 18.3 Å². The van der Waals surface area contributed by atoms with Gasteiger partial charge >= 0.3 is 0 Å². The number of fused-ring (bicyclic) bond motifs is 11. The molecule has 0 saturated carbocycles. The first-order valence-corrected chi connectivity index (χ1v) is 31.5. The van der Waals surface area contributed by atoms with Gasteiger partial charge in [-0.2, -0.15) is 0 Å². The van der Waals surface area contributed by atoms with Crippen LogP contribution in [0.3, 0.4) is 0 Å². The predicted octanol–water partition coefficient (Wildman–Crippen LogP) is 23.8. The molecule has 4 nitrogen and oxygen atoms in total. The fourth-order valence-electron chi connectivity index (χ4n) is 14.8. The van der Waals surface area contributed by atoms with Gasteiger partial charge in [-0.15, -0.1) is 0 Å². The Morgan fingerprint density at radius 2 is 0.719 bits per heavy atom. The van der Waals surface area contributed by atoms with Crippen LogP contribution in [0, 0.1) is 13.8 Å². The van der Waals surface area contributed by atoms with E-state index < -0.39 is 5.41 Å². The van der Waals surface area contributed by atoms with E-state index in [1.165, 1.54) is 72.1 Å². The highest BCUT2D eigenvalue weighted by Gasteiger charge is 2.48. The quantitative estimate of drug-likeness (QED) is 0.109. The molecule has 89 heavy (non-hydrogen) atoms. The normalized spacial score (nSPS) is 12.5. The van der Waals surface area contributed by atoms with Crippen molar-refractivity contribution < 1.29 is 8.83 Å². The van der Waals surface area contributed by atoms with Gasteiger partial charge in [-0.1, -0.05) is 251 Å². The standard InChI is InChI=1S/C85H66N2O2/c1-5-23-57-43-47-61(48-44-57)86(77-41-21-39-72-70-37-19-35-68(81(70)88-83(72)77)64-31-15-13-25-55(64)3)63-51-52-74-75(53-63)85(59-27-9-7-10-28-59,60-29-11-8-12-30-60)76-54-79(66-33-17-18-34-67(66)80(74)76)87(62-49-45-58(24-6-2)46-50-62)78-42-22-40-73-71-38-20-36-69(82(71)89-84(73)78)65-32-16-14-26-56(65)4/h7-22,25-54H,5-6,23-24H2,1-4H3. The van der Waals surface area contributed by atoms with E-state index in [0.717, 1.165) is 120 Å². The molecule has 15 aromatic rings. The van der Waals surface area contributed by atoms with E-state index >= 15 is 0 Å². The molecule has 2 heterocycles. The maximum Gasteiger partial charge on any atom is 0.159 e. The average Bonchev–Trinajstić information content (AvgIpc) is 1.57. The Bertz CT molecular complexity index is 5150. The van der Waals surface area contributed by atoms with Crippen LogP contribution in [0.5, 0.6) is 0 Å². The van der Waals surface area contributed by atoms with E-state index in [0.29, 0.717) is 0 Å². The molecule has 2 aromatic heterocycles. The van der Waals surface area contributed by atoms with Crippen molar-refractivity contribution in [2.75, 3.05) is 9.80 Å². The molecule has 0 saturated heterocycles. The number of anilines is 6. The molecule has 1 aliphatic carbocycles. The molecule has 428 valence electrons. The van der Waals surface area contributed by atoms with E-state index in [9.17, 15) is 0 Å². The van der Waals surface area contributed by atoms with Crippen molar-refractivity contribution >= 4 is 88.8 Å². The van der Waals surface area contributed by atoms with Crippen LogP contribution in [-0.4, -0.2) is 0 Å². The smallest absolute Gasteiger partial charge is 0.159 e. The summed E-state index contributed by atoms with van der Waals surface area (Å²) in [4.78, 5) is 4.91. The lowest BCUT2D eigenvalue weighted by Crippen LogP contribution is -2.29. The second-order valence-corrected chi connectivity index (χ2v) is 24.1. The molecule has 0 spiro atoms. The van der Waals surface area contributed by atoms with Gasteiger partial charge in [0.25, 0.3) is 0 Å². The molecule has 13 aromatic carbocycles. The third kappa shape index (κ3) is 8.64. The number of furan rings is 2. The lowest BCUT2D eigenvalue weighted by molar-refractivity contribution is 0.670. The fourth-order valence-corrected chi connectivity index (χ4v) is 14.8. The summed E-state index contributed by atoms with van der Waals surface area (Å²) in [6, 6.07) is 103. The van der Waals surface area contributed by atoms with E-state index in [4.69, 9.17) is 8.83 Å². The van der Waals surface area contributed by atoms with Crippen LogP contribution in [0.1, 0.15) is 71.2 Å². The highest BCUT2D eigenvalue weighted by molar-refractivity contribution is 6.17. The molecule has 0 radical (unpaired) electrons. The zero-order chi connectivity index (χ0) is 59.7. The second kappa shape index (κ2) is 21.9. The molecule has 0 aliphatic heterocycles. The fraction of sp³-hybridized carbons (Fsp3) is 0.106. The molecule has 0 amide bonds. The summed E-state index contributed by atoms with van der Waals surface area (Å²) in [7, 11) is 0. The minimum Gasteiger partial charge on any atom is -0.453 e. The van der Waals surface area contributed by atoms with Gasteiger partial charge < -0.3 is 18.6 Å². The summed E-state index contributed by atoms with van der Waals surface area (Å²) in [5.74, 6) is 0. The van der Waals surface area contributed by atoms with Crippen molar-refractivity contribution in [3.8, 4) is 33.4 Å². The highest BCUT2D eigenvalue weighted by Crippen LogP contribution is 2.61. The Hall–Kier alpha value is -10.7. The zero-order valence-electron chi connectivity index (χ0n) is 50.6. The molecule has 0 unspecified atom stereocenters. The van der Waals surface area contributed by atoms with E-state index in [2.05, 4.69) is 317 Å². The number of hydrogen-bond donors (Lipinski definition) is 0. The number of nitrogens with zero attached hydrogens (tertiary/aromatic N) is 2. The molecular weight excluding hydrogens is 1080 g/mol. The van der Waals surface area contributed by atoms with Gasteiger partial charge in [-0.3, -0.25) is 0 Å². The van der Waals surface area contributed by atoms with E-state index in [1.54, 1.807) is 0 Å². The molecule has 0 atom stereocenters. The Morgan fingerprint density at radius 3 is 1.24 bits per heavy atom. The molecular formula is C85H66N2O2. The van der Waals surface area contributed by atoms with Crippen LogP contribution in [0.2, 0.25) is 0 Å². The number of rotatable bonds is 14. The summed E-state index contributed by atoms with van der Waals surface area (Å²) in [5.41, 5.74) is 25.5. The van der Waals surface area contributed by atoms with Gasteiger partial charge in [0.1, 0.15) is 11.2 Å². The maximum absolute atomic E-state index is 7.39. The van der Waals surface area contributed by atoms with Crippen molar-refractivity contribution in [2.24, 2.45) is 0 Å². The first-order chi connectivity index (χ1) is 43.9. The Labute approximate surface area is 520 Å². The van der Waals surface area contributed by atoms with Crippen LogP contribution in [0.4, 0.5) is 34.1 Å². The summed E-state index contributed by atoms with van der Waals surface area (Å²) in [6.07, 6.45) is 4.15. The minimum absolute atomic E-state index is 0.809. The maximum atomic E-state index is 7.39. The van der Waals surface area contributed by atoms with Crippen LogP contribution in [0.25, 0.3) is 88.0 Å². The summed E-state index contributed by atoms with van der Waals surface area (Å²) < 4.78 is 14.7. The second-order valence-electron chi connectivity index (χ2n) is 24.1. The van der Waals surface area contributed by atoms with Crippen molar-refractivity contribution in [1.82, 2.24) is 0 Å². The van der Waals surface area contributed by atoms with Gasteiger partial charge in [0.05, 0.1) is 22.5 Å². The van der Waals surface area contributed by atoms with Crippen LogP contribution >= 0.6 is 0 Å². The van der Waals surface area contributed by atoms with Crippen LogP contribution < -0.4 is 9.80 Å². The summed E-state index contributed by atoms with van der Waals surface area (Å²) in [6.45, 7) is 8.86. The van der Waals surface area contributed by atoms with Crippen molar-refractivity contribution in [2.45, 2.75) is 58.8 Å². The largest absolute Gasteiger partial charge is 0.453 e. The molecule has 0 N–H and O–H groups in total. The monoisotopic (exact) mass is 1150 g/mol. The molecule has 0 fully saturated rings. The van der Waals surface area contributed by atoms with Gasteiger partial charge in [0.2, 0.25) is 0 Å². The Kier molecular flexibility index (Phi) is 13.2. The topological polar surface area (TPSA) is 32.8 Å². The number of aryl methyl sites for hydroxylation is 4. The minimum atomic E-state index is -0.809. The van der Waals surface area contributed by atoms with Gasteiger partial charge in [-0.05, 0) is 153 Å². The summed E-state index contributed by atoms with van der Waals surface area (Å²) >= 11 is 0. The van der Waals surface area contributed by atoms with Gasteiger partial charge in [0.15, 0.2) is 11.2 Å². The number of hydrogen-bond acceptors (Lipinski definition) is 4. The zero-order valence-corrected chi connectivity index (χ0v) is 50.6. The third-order valence-corrected chi connectivity index (χ3v) is 18.8. The van der Waals surface area contributed by atoms with Gasteiger partial charge in [0, 0.05) is 55.1 Å². The SMILES string of the molecule is CCCc1ccc(N(c2ccc3c(c2)C(c2ccccc2)(c2ccccc2)c2cc(N(c4ccc(CCC)cc4)c4cccc5c4oc4c(-c6ccccc6C)cccc45)c4ccccc4c2-3)c2cccc3c2oc2c(-c4ccccc4C)cccc23)cc1. The van der Waals surface area contributed by atoms with Crippen molar-refractivity contribution in [3.63, 3.8) is 0 Å².